The second kappa shape index (κ2) is 5.34. The van der Waals surface area contributed by atoms with E-state index < -0.39 is 5.97 Å². The first-order chi connectivity index (χ1) is 9.15. The molecule has 19 heavy (non-hydrogen) atoms. The molecule has 0 atom stereocenters. The van der Waals surface area contributed by atoms with Crippen molar-refractivity contribution in [1.29, 1.82) is 0 Å². The number of anilines is 1. The Labute approximate surface area is 110 Å². The maximum atomic E-state index is 11.0. The largest absolute Gasteiger partial charge is 0.497 e. The summed E-state index contributed by atoms with van der Waals surface area (Å²) in [5, 5.41) is 11.8. The van der Waals surface area contributed by atoms with Crippen LogP contribution in [-0.4, -0.2) is 35.2 Å². The van der Waals surface area contributed by atoms with Gasteiger partial charge in [-0.2, -0.15) is 0 Å². The van der Waals surface area contributed by atoms with Crippen LogP contribution in [0.1, 0.15) is 10.4 Å². The van der Waals surface area contributed by atoms with Gasteiger partial charge in [-0.05, 0) is 12.1 Å². The van der Waals surface area contributed by atoms with Gasteiger partial charge in [-0.25, -0.2) is 14.8 Å². The van der Waals surface area contributed by atoms with Crippen molar-refractivity contribution in [2.75, 3.05) is 19.5 Å². The Morgan fingerprint density at radius 3 is 2.84 bits per heavy atom. The van der Waals surface area contributed by atoms with E-state index in [1.54, 1.807) is 20.2 Å². The number of aromatic carboxylic acids is 1. The smallest absolute Gasteiger partial charge is 0.341 e. The summed E-state index contributed by atoms with van der Waals surface area (Å²) in [6, 6.07) is 7.25. The monoisotopic (exact) mass is 259 g/mol. The van der Waals surface area contributed by atoms with Gasteiger partial charge in [-0.1, -0.05) is 12.1 Å². The molecule has 1 heterocycles. The van der Waals surface area contributed by atoms with Crippen molar-refractivity contribution in [3.05, 3.63) is 36.0 Å². The van der Waals surface area contributed by atoms with E-state index in [0.717, 1.165) is 5.56 Å². The molecule has 2 rings (SSSR count). The van der Waals surface area contributed by atoms with E-state index >= 15 is 0 Å². The lowest BCUT2D eigenvalue weighted by Gasteiger charge is -2.07. The summed E-state index contributed by atoms with van der Waals surface area (Å²) in [4.78, 5) is 19.3. The molecule has 0 unspecified atom stereocenters. The van der Waals surface area contributed by atoms with Crippen LogP contribution in [0.5, 0.6) is 5.75 Å². The Morgan fingerprint density at radius 2 is 2.21 bits per heavy atom. The van der Waals surface area contributed by atoms with E-state index in [4.69, 9.17) is 9.84 Å². The van der Waals surface area contributed by atoms with Crippen LogP contribution >= 0.6 is 0 Å². The number of hydrogen-bond acceptors (Lipinski definition) is 5. The maximum absolute atomic E-state index is 11.0. The second-order valence-corrected chi connectivity index (χ2v) is 3.74. The topological polar surface area (TPSA) is 84.3 Å². The first kappa shape index (κ1) is 12.8. The lowest BCUT2D eigenvalue weighted by Crippen LogP contribution is -2.07. The third kappa shape index (κ3) is 2.62. The average Bonchev–Trinajstić information content (AvgIpc) is 2.46. The standard InChI is InChI=1S/C13H13N3O3/c1-14-12-10(13(17)18)7-15-11(16-12)8-4-3-5-9(6-8)19-2/h3-7H,1-2H3,(H,17,18)(H,14,15,16). The van der Waals surface area contributed by atoms with Gasteiger partial charge < -0.3 is 15.2 Å². The third-order valence-electron chi connectivity index (χ3n) is 2.58. The van der Waals surface area contributed by atoms with Gasteiger partial charge >= 0.3 is 5.97 Å². The Morgan fingerprint density at radius 1 is 1.42 bits per heavy atom. The van der Waals surface area contributed by atoms with Gasteiger partial charge in [0.2, 0.25) is 0 Å². The fraction of sp³-hybridized carbons (Fsp3) is 0.154. The zero-order chi connectivity index (χ0) is 13.8. The van der Waals surface area contributed by atoms with Gasteiger partial charge in [-0.15, -0.1) is 0 Å². The molecule has 0 amide bonds. The average molecular weight is 259 g/mol. The highest BCUT2D eigenvalue weighted by molar-refractivity contribution is 5.93. The number of nitrogens with one attached hydrogen (secondary N) is 1. The molecule has 1 aromatic heterocycles. The van der Waals surface area contributed by atoms with Crippen molar-refractivity contribution in [1.82, 2.24) is 9.97 Å². The zero-order valence-corrected chi connectivity index (χ0v) is 10.5. The van der Waals surface area contributed by atoms with Gasteiger partial charge in [0.1, 0.15) is 17.1 Å². The minimum atomic E-state index is -1.07. The summed E-state index contributed by atoms with van der Waals surface area (Å²) in [5.41, 5.74) is 0.793. The summed E-state index contributed by atoms with van der Waals surface area (Å²) >= 11 is 0. The Bertz CT molecular complexity index is 614. The molecule has 6 heteroatoms. The van der Waals surface area contributed by atoms with Crippen molar-refractivity contribution in [2.45, 2.75) is 0 Å². The molecule has 0 saturated heterocycles. The molecule has 98 valence electrons. The first-order valence-corrected chi connectivity index (χ1v) is 5.58. The number of carbonyl (C=O) groups is 1. The predicted octanol–water partition coefficient (Wildman–Crippen LogP) is 1.89. The summed E-state index contributed by atoms with van der Waals surface area (Å²) in [6.07, 6.45) is 1.29. The second-order valence-electron chi connectivity index (χ2n) is 3.74. The zero-order valence-electron chi connectivity index (χ0n) is 10.5. The van der Waals surface area contributed by atoms with Crippen molar-refractivity contribution in [2.24, 2.45) is 0 Å². The van der Waals surface area contributed by atoms with E-state index in [1.807, 2.05) is 18.2 Å². The molecular weight excluding hydrogens is 246 g/mol. The van der Waals surface area contributed by atoms with E-state index in [0.29, 0.717) is 11.6 Å². The van der Waals surface area contributed by atoms with E-state index in [-0.39, 0.29) is 11.4 Å². The molecule has 0 aliphatic rings. The predicted molar refractivity (Wildman–Crippen MR) is 70.5 cm³/mol. The quantitative estimate of drug-likeness (QED) is 0.872. The van der Waals surface area contributed by atoms with Crippen LogP contribution in [0.3, 0.4) is 0 Å². The minimum absolute atomic E-state index is 0.0362. The van der Waals surface area contributed by atoms with Crippen LogP contribution in [0.4, 0.5) is 5.82 Å². The molecule has 0 aliphatic carbocycles. The van der Waals surface area contributed by atoms with Crippen LogP contribution in [-0.2, 0) is 0 Å². The molecule has 2 aromatic rings. The fourth-order valence-electron chi connectivity index (χ4n) is 1.63. The van der Waals surface area contributed by atoms with Crippen LogP contribution < -0.4 is 10.1 Å². The normalized spacial score (nSPS) is 10.0. The lowest BCUT2D eigenvalue weighted by atomic mass is 10.2. The summed E-state index contributed by atoms with van der Waals surface area (Å²) in [7, 11) is 3.19. The first-order valence-electron chi connectivity index (χ1n) is 5.58. The SMILES string of the molecule is CNc1nc(-c2cccc(OC)c2)ncc1C(=O)O. The molecule has 2 N–H and O–H groups in total. The molecule has 0 radical (unpaired) electrons. The van der Waals surface area contributed by atoms with Gasteiger partial charge in [0.25, 0.3) is 0 Å². The number of benzene rings is 1. The molecule has 0 fully saturated rings. The fourth-order valence-corrected chi connectivity index (χ4v) is 1.63. The van der Waals surface area contributed by atoms with Gasteiger partial charge in [-0.3, -0.25) is 0 Å². The summed E-state index contributed by atoms with van der Waals surface area (Å²) < 4.78 is 5.13. The highest BCUT2D eigenvalue weighted by Gasteiger charge is 2.13. The molecule has 0 spiro atoms. The van der Waals surface area contributed by atoms with Gasteiger partial charge in [0.15, 0.2) is 5.82 Å². The highest BCUT2D eigenvalue weighted by atomic mass is 16.5. The van der Waals surface area contributed by atoms with Crippen LogP contribution in [0, 0.1) is 0 Å². The lowest BCUT2D eigenvalue weighted by molar-refractivity contribution is 0.0697. The number of ether oxygens (including phenoxy) is 1. The summed E-state index contributed by atoms with van der Waals surface area (Å²) in [6.45, 7) is 0. The molecule has 1 aromatic carbocycles. The Balaban J connectivity index is 2.48. The summed E-state index contributed by atoms with van der Waals surface area (Å²) in [5.74, 6) is 0.338. The Kier molecular flexibility index (Phi) is 3.61. The minimum Gasteiger partial charge on any atom is -0.497 e. The van der Waals surface area contributed by atoms with Crippen LogP contribution in [0.15, 0.2) is 30.5 Å². The third-order valence-corrected chi connectivity index (χ3v) is 2.58. The number of aromatic nitrogens is 2. The molecule has 6 nitrogen and oxygen atoms in total. The van der Waals surface area contributed by atoms with Crippen LogP contribution in [0.25, 0.3) is 11.4 Å². The highest BCUT2D eigenvalue weighted by Crippen LogP contribution is 2.22. The number of methoxy groups -OCH3 is 1. The van der Waals surface area contributed by atoms with Crippen molar-refractivity contribution < 1.29 is 14.6 Å². The Hall–Kier alpha value is -2.63. The number of nitrogens with zero attached hydrogens (tertiary/aromatic N) is 2. The van der Waals surface area contributed by atoms with Crippen molar-refractivity contribution in [3.63, 3.8) is 0 Å². The van der Waals surface area contributed by atoms with Gasteiger partial charge in [0.05, 0.1) is 7.11 Å². The molecule has 0 bridgehead atoms. The van der Waals surface area contributed by atoms with E-state index in [1.165, 1.54) is 6.20 Å². The molecule has 0 aliphatic heterocycles. The van der Waals surface area contributed by atoms with Crippen molar-refractivity contribution >= 4 is 11.8 Å². The maximum Gasteiger partial charge on any atom is 0.341 e. The van der Waals surface area contributed by atoms with E-state index in [2.05, 4.69) is 15.3 Å². The van der Waals surface area contributed by atoms with E-state index in [9.17, 15) is 4.79 Å². The van der Waals surface area contributed by atoms with Crippen LogP contribution in [0.2, 0.25) is 0 Å². The van der Waals surface area contributed by atoms with Crippen molar-refractivity contribution in [3.8, 4) is 17.1 Å². The molecular formula is C13H13N3O3. The van der Waals surface area contributed by atoms with Gasteiger partial charge in [0, 0.05) is 18.8 Å². The molecule has 0 saturated carbocycles. The number of carboxylic acids is 1. The number of carboxylic acid groups (broad SMARTS) is 1. The number of rotatable bonds is 4. The number of hydrogen-bond donors (Lipinski definition) is 2.